The SMILES string of the molecule is CCCCCCCCOc1ccc(C#Cc2ccc(-c3nc(-c4ccc(C#Cc5ccc(OCCCCCCCC)cc5)cc4O)nc(-c4ccc(C#Cc5ccc(OCCCCCCCC)cc5)cc4O)n3)c(O)c2)cc1. The summed E-state index contributed by atoms with van der Waals surface area (Å²) in [6.07, 6.45) is 21.8. The van der Waals surface area contributed by atoms with Crippen molar-refractivity contribution in [1.29, 1.82) is 0 Å². The number of benzene rings is 6. The lowest BCUT2D eigenvalue weighted by atomic mass is 10.1. The Morgan fingerprint density at radius 2 is 0.526 bits per heavy atom. The van der Waals surface area contributed by atoms with Gasteiger partial charge in [-0.1, -0.05) is 153 Å². The highest BCUT2D eigenvalue weighted by atomic mass is 16.5. The van der Waals surface area contributed by atoms with Crippen LogP contribution in [0.3, 0.4) is 0 Å². The summed E-state index contributed by atoms with van der Waals surface area (Å²) in [6, 6.07) is 38.2. The summed E-state index contributed by atoms with van der Waals surface area (Å²) in [5, 5.41) is 34.6. The molecule has 7 aromatic rings. The second-order valence-corrected chi connectivity index (χ2v) is 19.7. The van der Waals surface area contributed by atoms with E-state index in [1.165, 1.54) is 96.3 Å². The van der Waals surface area contributed by atoms with E-state index >= 15 is 0 Å². The second-order valence-electron chi connectivity index (χ2n) is 19.7. The van der Waals surface area contributed by atoms with Gasteiger partial charge in [-0.05, 0) is 147 Å². The molecule has 1 aromatic heterocycles. The highest BCUT2D eigenvalue weighted by molar-refractivity contribution is 5.75. The van der Waals surface area contributed by atoms with Crippen molar-refractivity contribution in [1.82, 2.24) is 15.0 Å². The van der Waals surface area contributed by atoms with Gasteiger partial charge in [0.05, 0.1) is 36.5 Å². The lowest BCUT2D eigenvalue weighted by molar-refractivity contribution is 0.304. The summed E-state index contributed by atoms with van der Waals surface area (Å²) in [4.78, 5) is 14.3. The van der Waals surface area contributed by atoms with E-state index in [4.69, 9.17) is 29.2 Å². The number of ether oxygens (including phenoxy) is 3. The van der Waals surface area contributed by atoms with Gasteiger partial charge in [-0.2, -0.15) is 0 Å². The molecule has 0 saturated carbocycles. The number of hydrogen-bond donors (Lipinski definition) is 3. The van der Waals surface area contributed by atoms with Crippen molar-refractivity contribution in [3.05, 3.63) is 161 Å². The number of nitrogens with zero attached hydrogens (tertiary/aromatic N) is 3. The molecule has 0 fully saturated rings. The number of rotatable bonds is 27. The number of aromatic nitrogens is 3. The fourth-order valence-corrected chi connectivity index (χ4v) is 8.69. The van der Waals surface area contributed by atoms with Crippen LogP contribution in [-0.4, -0.2) is 50.1 Å². The molecule has 0 bridgehead atoms. The Labute approximate surface area is 463 Å². The first kappa shape index (κ1) is 57.5. The summed E-state index contributed by atoms with van der Waals surface area (Å²) < 4.78 is 17.8. The first-order valence-corrected chi connectivity index (χ1v) is 28.3. The molecule has 78 heavy (non-hydrogen) atoms. The van der Waals surface area contributed by atoms with Gasteiger partial charge in [0.1, 0.15) is 34.5 Å². The Bertz CT molecular complexity index is 2820. The van der Waals surface area contributed by atoms with Gasteiger partial charge in [-0.25, -0.2) is 15.0 Å². The van der Waals surface area contributed by atoms with Gasteiger partial charge in [-0.3, -0.25) is 0 Å². The van der Waals surface area contributed by atoms with E-state index in [0.717, 1.165) is 53.2 Å². The van der Waals surface area contributed by atoms with Crippen LogP contribution in [0, 0.1) is 35.5 Å². The van der Waals surface area contributed by atoms with Crippen LogP contribution in [0.15, 0.2) is 127 Å². The number of phenols is 3. The molecule has 7 rings (SSSR count). The van der Waals surface area contributed by atoms with Crippen molar-refractivity contribution in [3.63, 3.8) is 0 Å². The molecule has 0 saturated heterocycles. The number of hydrogen-bond acceptors (Lipinski definition) is 9. The number of aromatic hydroxyl groups is 3. The molecule has 402 valence electrons. The fraction of sp³-hybridized carbons (Fsp3) is 0.348. The number of phenolic OH excluding ortho intramolecular Hbond substituents is 3. The fourth-order valence-electron chi connectivity index (χ4n) is 8.69. The largest absolute Gasteiger partial charge is 0.507 e. The van der Waals surface area contributed by atoms with E-state index in [1.54, 1.807) is 54.6 Å². The van der Waals surface area contributed by atoms with Crippen LogP contribution >= 0.6 is 0 Å². The Balaban J connectivity index is 1.09. The normalized spacial score (nSPS) is 10.7. The van der Waals surface area contributed by atoms with Crippen LogP contribution in [0.25, 0.3) is 34.2 Å². The van der Waals surface area contributed by atoms with Crippen molar-refractivity contribution in [2.75, 3.05) is 19.8 Å². The van der Waals surface area contributed by atoms with Crippen LogP contribution in [-0.2, 0) is 0 Å². The minimum absolute atomic E-state index is 0.108. The molecule has 0 amide bonds. The third-order valence-corrected chi connectivity index (χ3v) is 13.3. The lowest BCUT2D eigenvalue weighted by Crippen LogP contribution is -2.01. The highest BCUT2D eigenvalue weighted by Gasteiger charge is 2.19. The summed E-state index contributed by atoms with van der Waals surface area (Å²) in [5.41, 5.74) is 5.08. The molecular weight excluding hydrogens is 967 g/mol. The second kappa shape index (κ2) is 31.8. The average molecular weight is 1040 g/mol. The maximum Gasteiger partial charge on any atom is 0.167 e. The Morgan fingerprint density at radius 1 is 0.295 bits per heavy atom. The Kier molecular flexibility index (Phi) is 23.4. The summed E-state index contributed by atoms with van der Waals surface area (Å²) in [6.45, 7) is 8.75. The summed E-state index contributed by atoms with van der Waals surface area (Å²) >= 11 is 0. The zero-order chi connectivity index (χ0) is 54.6. The molecule has 0 aliphatic heterocycles. The van der Waals surface area contributed by atoms with E-state index in [1.807, 2.05) is 72.8 Å². The van der Waals surface area contributed by atoms with Crippen molar-refractivity contribution >= 4 is 0 Å². The van der Waals surface area contributed by atoms with Gasteiger partial charge in [0.15, 0.2) is 17.5 Å². The molecule has 0 aliphatic carbocycles. The minimum Gasteiger partial charge on any atom is -0.507 e. The molecule has 0 aliphatic rings. The molecule has 0 radical (unpaired) electrons. The maximum absolute atomic E-state index is 11.5. The van der Waals surface area contributed by atoms with Gasteiger partial charge in [0.25, 0.3) is 0 Å². The van der Waals surface area contributed by atoms with E-state index < -0.39 is 0 Å². The van der Waals surface area contributed by atoms with Crippen LogP contribution < -0.4 is 14.2 Å². The quantitative estimate of drug-likeness (QED) is 0.0341. The highest BCUT2D eigenvalue weighted by Crippen LogP contribution is 2.36. The third kappa shape index (κ3) is 18.8. The monoisotopic (exact) mass is 1040 g/mol. The van der Waals surface area contributed by atoms with Crippen LogP contribution in [0.2, 0.25) is 0 Å². The number of unbranched alkanes of at least 4 members (excludes halogenated alkanes) is 15. The van der Waals surface area contributed by atoms with Crippen molar-refractivity contribution in [3.8, 4) is 104 Å². The van der Waals surface area contributed by atoms with Gasteiger partial charge >= 0.3 is 0 Å². The lowest BCUT2D eigenvalue weighted by Gasteiger charge is -2.11. The average Bonchev–Trinajstić information content (AvgIpc) is 3.51. The van der Waals surface area contributed by atoms with E-state index in [-0.39, 0.29) is 34.7 Å². The zero-order valence-corrected chi connectivity index (χ0v) is 45.9. The molecule has 0 unspecified atom stereocenters. The van der Waals surface area contributed by atoms with Crippen LogP contribution in [0.5, 0.6) is 34.5 Å². The standard InChI is InChI=1S/C69H75N3O6/c1-4-7-10-13-16-19-46-76-58-37-28-52(29-38-58)22-25-55-34-43-61(64(73)49-55)67-70-68(62-44-35-56(50-65(62)74)26-23-53-30-39-59(40-31-53)77-47-20-17-14-11-8-5-2)72-69(71-67)63-45-36-57(51-66(63)75)27-24-54-32-41-60(42-33-54)78-48-21-18-15-12-9-6-3/h28-45,49-51,73-75H,4-21,46-48H2,1-3H3. The molecule has 9 nitrogen and oxygen atoms in total. The predicted octanol–water partition coefficient (Wildman–Crippen LogP) is 16.4. The molecule has 9 heteroatoms. The summed E-state index contributed by atoms with van der Waals surface area (Å²) in [5.74, 6) is 21.5. The van der Waals surface area contributed by atoms with Gasteiger partial charge < -0.3 is 29.5 Å². The smallest absolute Gasteiger partial charge is 0.167 e. The molecule has 0 atom stereocenters. The van der Waals surface area contributed by atoms with E-state index in [9.17, 15) is 15.3 Å². The Hall–Kier alpha value is -8.19. The maximum atomic E-state index is 11.5. The van der Waals surface area contributed by atoms with E-state index in [2.05, 4.69) is 56.3 Å². The molecule has 3 N–H and O–H groups in total. The molecule has 6 aromatic carbocycles. The molecular formula is C69H75N3O6. The zero-order valence-electron chi connectivity index (χ0n) is 45.9. The Morgan fingerprint density at radius 3 is 0.782 bits per heavy atom. The van der Waals surface area contributed by atoms with Crippen molar-refractivity contribution < 1.29 is 29.5 Å². The van der Waals surface area contributed by atoms with Crippen LogP contribution in [0.1, 0.15) is 170 Å². The topological polar surface area (TPSA) is 127 Å². The van der Waals surface area contributed by atoms with E-state index in [0.29, 0.717) is 53.2 Å². The van der Waals surface area contributed by atoms with Gasteiger partial charge in [0.2, 0.25) is 0 Å². The van der Waals surface area contributed by atoms with Crippen molar-refractivity contribution in [2.24, 2.45) is 0 Å². The molecule has 0 spiro atoms. The van der Waals surface area contributed by atoms with Gasteiger partial charge in [-0.15, -0.1) is 0 Å². The minimum atomic E-state index is -0.108. The first-order chi connectivity index (χ1) is 38.3. The predicted molar refractivity (Wildman–Crippen MR) is 315 cm³/mol. The summed E-state index contributed by atoms with van der Waals surface area (Å²) in [7, 11) is 0. The van der Waals surface area contributed by atoms with Crippen LogP contribution in [0.4, 0.5) is 0 Å². The first-order valence-electron chi connectivity index (χ1n) is 28.3. The molecule has 1 heterocycles. The van der Waals surface area contributed by atoms with Gasteiger partial charge in [0, 0.05) is 33.4 Å². The van der Waals surface area contributed by atoms with Crippen molar-refractivity contribution in [2.45, 2.75) is 136 Å². The third-order valence-electron chi connectivity index (χ3n) is 13.3.